The lowest BCUT2D eigenvalue weighted by atomic mass is 10.0. The van der Waals surface area contributed by atoms with Crippen molar-refractivity contribution < 1.29 is 19.5 Å². The molecule has 0 radical (unpaired) electrons. The number of imide groups is 1. The summed E-state index contributed by atoms with van der Waals surface area (Å²) in [7, 11) is 0. The van der Waals surface area contributed by atoms with Gasteiger partial charge in [0, 0.05) is 6.04 Å². The number of carboxylic acid groups (broad SMARTS) is 1. The normalized spacial score (nSPS) is 27.0. The van der Waals surface area contributed by atoms with Crippen LogP contribution >= 0.6 is 0 Å². The van der Waals surface area contributed by atoms with Crippen LogP contribution in [0.25, 0.3) is 0 Å². The Labute approximate surface area is 111 Å². The summed E-state index contributed by atoms with van der Waals surface area (Å²) in [4.78, 5) is 35.8. The van der Waals surface area contributed by atoms with Crippen molar-refractivity contribution in [2.45, 2.75) is 38.3 Å². The summed E-state index contributed by atoms with van der Waals surface area (Å²) in [5.74, 6) is -1.36. The molecule has 106 valence electrons. The Bertz CT molecular complexity index is 394. The molecule has 1 saturated heterocycles. The molecule has 2 rings (SSSR count). The van der Waals surface area contributed by atoms with Crippen molar-refractivity contribution in [1.29, 1.82) is 0 Å². The molecule has 1 saturated carbocycles. The molecule has 7 nitrogen and oxygen atoms in total. The third-order valence-electron chi connectivity index (χ3n) is 3.57. The molecule has 2 aliphatic rings. The molecule has 1 aliphatic heterocycles. The summed E-state index contributed by atoms with van der Waals surface area (Å²) in [5.41, 5.74) is 0. The summed E-state index contributed by atoms with van der Waals surface area (Å²) in [6.07, 6.45) is 2.65. The molecule has 3 amide bonds. The van der Waals surface area contributed by atoms with Gasteiger partial charge in [-0.2, -0.15) is 0 Å². The molecule has 2 unspecified atom stereocenters. The monoisotopic (exact) mass is 269 g/mol. The van der Waals surface area contributed by atoms with E-state index in [0.717, 1.165) is 19.3 Å². The summed E-state index contributed by atoms with van der Waals surface area (Å²) < 4.78 is 0. The number of nitrogens with one attached hydrogen (secondary N) is 2. The van der Waals surface area contributed by atoms with Gasteiger partial charge in [-0.05, 0) is 31.7 Å². The third-order valence-corrected chi connectivity index (χ3v) is 3.57. The maximum atomic E-state index is 11.7. The Morgan fingerprint density at radius 1 is 1.26 bits per heavy atom. The first-order valence-corrected chi connectivity index (χ1v) is 6.54. The smallest absolute Gasteiger partial charge is 0.321 e. The SMILES string of the molecule is CC1CCN(CC(=O)NC(=O)NC2CC2)C1C(=O)O. The van der Waals surface area contributed by atoms with E-state index < -0.39 is 23.9 Å². The highest BCUT2D eigenvalue weighted by atomic mass is 16.4. The second-order valence-electron chi connectivity index (χ2n) is 5.32. The van der Waals surface area contributed by atoms with E-state index in [-0.39, 0.29) is 18.5 Å². The number of hydrogen-bond donors (Lipinski definition) is 3. The highest BCUT2D eigenvalue weighted by Crippen LogP contribution is 2.23. The average molecular weight is 269 g/mol. The molecule has 7 heteroatoms. The Balaban J connectivity index is 1.80. The van der Waals surface area contributed by atoms with Crippen LogP contribution in [0.3, 0.4) is 0 Å². The Kier molecular flexibility index (Phi) is 4.04. The average Bonchev–Trinajstić information content (AvgIpc) is 3.01. The number of hydrogen-bond acceptors (Lipinski definition) is 4. The first-order chi connectivity index (χ1) is 8.97. The predicted molar refractivity (Wildman–Crippen MR) is 66.5 cm³/mol. The van der Waals surface area contributed by atoms with Crippen molar-refractivity contribution in [1.82, 2.24) is 15.5 Å². The molecule has 3 N–H and O–H groups in total. The van der Waals surface area contributed by atoms with Crippen LogP contribution < -0.4 is 10.6 Å². The van der Waals surface area contributed by atoms with E-state index in [9.17, 15) is 14.4 Å². The third kappa shape index (κ3) is 3.66. The molecular weight excluding hydrogens is 250 g/mol. The van der Waals surface area contributed by atoms with Crippen LogP contribution in [0.15, 0.2) is 0 Å². The van der Waals surface area contributed by atoms with Crippen LogP contribution in [0.2, 0.25) is 0 Å². The van der Waals surface area contributed by atoms with Gasteiger partial charge in [0.25, 0.3) is 0 Å². The maximum Gasteiger partial charge on any atom is 0.321 e. The summed E-state index contributed by atoms with van der Waals surface area (Å²) in [6, 6.07) is -0.949. The van der Waals surface area contributed by atoms with Gasteiger partial charge in [0.2, 0.25) is 5.91 Å². The van der Waals surface area contributed by atoms with E-state index in [2.05, 4.69) is 10.6 Å². The van der Waals surface area contributed by atoms with Gasteiger partial charge in [-0.1, -0.05) is 6.92 Å². The van der Waals surface area contributed by atoms with Gasteiger partial charge in [-0.25, -0.2) is 4.79 Å². The van der Waals surface area contributed by atoms with Crippen molar-refractivity contribution in [2.75, 3.05) is 13.1 Å². The fraction of sp³-hybridized carbons (Fsp3) is 0.750. The fourth-order valence-corrected chi connectivity index (χ4v) is 2.40. The zero-order valence-electron chi connectivity index (χ0n) is 10.9. The van der Waals surface area contributed by atoms with Crippen LogP contribution in [-0.2, 0) is 9.59 Å². The van der Waals surface area contributed by atoms with E-state index >= 15 is 0 Å². The minimum absolute atomic E-state index is 0.0191. The topological polar surface area (TPSA) is 98.7 Å². The Hall–Kier alpha value is -1.63. The lowest BCUT2D eigenvalue weighted by molar-refractivity contribution is -0.143. The number of carboxylic acids is 1. The van der Waals surface area contributed by atoms with E-state index in [4.69, 9.17) is 5.11 Å². The maximum absolute atomic E-state index is 11.7. The van der Waals surface area contributed by atoms with Crippen molar-refractivity contribution >= 4 is 17.9 Å². The molecule has 2 atom stereocenters. The van der Waals surface area contributed by atoms with Crippen molar-refractivity contribution in [3.8, 4) is 0 Å². The van der Waals surface area contributed by atoms with Gasteiger partial charge in [0.05, 0.1) is 6.54 Å². The largest absolute Gasteiger partial charge is 0.480 e. The molecule has 1 heterocycles. The van der Waals surface area contributed by atoms with Gasteiger partial charge in [-0.3, -0.25) is 19.8 Å². The van der Waals surface area contributed by atoms with E-state index in [1.54, 1.807) is 4.90 Å². The number of carbonyl (C=O) groups excluding carboxylic acids is 2. The summed E-state index contributed by atoms with van der Waals surface area (Å²) in [6.45, 7) is 2.37. The minimum Gasteiger partial charge on any atom is -0.480 e. The van der Waals surface area contributed by atoms with E-state index in [1.807, 2.05) is 6.92 Å². The number of urea groups is 1. The first-order valence-electron chi connectivity index (χ1n) is 6.54. The van der Waals surface area contributed by atoms with Gasteiger partial charge in [0.15, 0.2) is 0 Å². The van der Waals surface area contributed by atoms with Crippen LogP contribution in [0.4, 0.5) is 4.79 Å². The molecule has 0 aromatic rings. The van der Waals surface area contributed by atoms with Crippen LogP contribution in [0.1, 0.15) is 26.2 Å². The number of aliphatic carboxylic acids is 1. The highest BCUT2D eigenvalue weighted by molar-refractivity contribution is 5.95. The second-order valence-corrected chi connectivity index (χ2v) is 5.32. The quantitative estimate of drug-likeness (QED) is 0.655. The molecule has 2 fully saturated rings. The minimum atomic E-state index is -0.916. The summed E-state index contributed by atoms with van der Waals surface area (Å²) in [5, 5.41) is 14.0. The van der Waals surface area contributed by atoms with Crippen LogP contribution in [0, 0.1) is 5.92 Å². The lowest BCUT2D eigenvalue weighted by Crippen LogP contribution is -2.48. The van der Waals surface area contributed by atoms with Crippen molar-refractivity contribution in [2.24, 2.45) is 5.92 Å². The molecule has 0 bridgehead atoms. The fourth-order valence-electron chi connectivity index (χ4n) is 2.40. The zero-order chi connectivity index (χ0) is 14.0. The van der Waals surface area contributed by atoms with Gasteiger partial charge >= 0.3 is 12.0 Å². The Morgan fingerprint density at radius 2 is 1.95 bits per heavy atom. The van der Waals surface area contributed by atoms with Gasteiger partial charge in [-0.15, -0.1) is 0 Å². The zero-order valence-corrected chi connectivity index (χ0v) is 10.9. The Morgan fingerprint density at radius 3 is 2.53 bits per heavy atom. The number of amides is 3. The number of likely N-dealkylation sites (tertiary alicyclic amines) is 1. The first kappa shape index (κ1) is 13.8. The standard InChI is InChI=1S/C12H19N3O4/c1-7-4-5-15(10(7)11(17)18)6-9(16)14-12(19)13-8-2-3-8/h7-8,10H,2-6H2,1H3,(H,17,18)(H2,13,14,16,19). The lowest BCUT2D eigenvalue weighted by Gasteiger charge is -2.22. The predicted octanol–water partition coefficient (Wildman–Crippen LogP) is -0.230. The molecule has 1 aliphatic carbocycles. The van der Waals surface area contributed by atoms with Gasteiger partial charge in [0.1, 0.15) is 6.04 Å². The van der Waals surface area contributed by atoms with Crippen LogP contribution in [0.5, 0.6) is 0 Å². The highest BCUT2D eigenvalue weighted by Gasteiger charge is 2.37. The van der Waals surface area contributed by atoms with Crippen LogP contribution in [-0.4, -0.2) is 53.1 Å². The molecule has 0 aromatic carbocycles. The number of carbonyl (C=O) groups is 3. The van der Waals surface area contributed by atoms with E-state index in [1.165, 1.54) is 0 Å². The number of rotatable bonds is 4. The summed E-state index contributed by atoms with van der Waals surface area (Å²) >= 11 is 0. The van der Waals surface area contributed by atoms with Crippen molar-refractivity contribution in [3.63, 3.8) is 0 Å². The second kappa shape index (κ2) is 5.56. The molecular formula is C12H19N3O4. The molecule has 0 aromatic heterocycles. The van der Waals surface area contributed by atoms with E-state index in [0.29, 0.717) is 6.54 Å². The number of nitrogens with zero attached hydrogens (tertiary/aromatic N) is 1. The molecule has 19 heavy (non-hydrogen) atoms. The van der Waals surface area contributed by atoms with Gasteiger partial charge < -0.3 is 10.4 Å². The molecule has 0 spiro atoms. The van der Waals surface area contributed by atoms with Crippen molar-refractivity contribution in [3.05, 3.63) is 0 Å².